The van der Waals surface area contributed by atoms with Crippen LogP contribution in [-0.4, -0.2) is 54.7 Å². The highest BCUT2D eigenvalue weighted by Crippen LogP contribution is 2.42. The van der Waals surface area contributed by atoms with Crippen LogP contribution >= 0.6 is 23.2 Å². The molecule has 0 spiro atoms. The average molecular weight is 522 g/mol. The number of pyridine rings is 1. The van der Waals surface area contributed by atoms with Gasteiger partial charge in [-0.2, -0.15) is 4.57 Å². The van der Waals surface area contributed by atoms with Gasteiger partial charge in [0.1, 0.15) is 17.8 Å². The van der Waals surface area contributed by atoms with Crippen LogP contribution in [0, 0.1) is 0 Å². The third-order valence-electron chi connectivity index (χ3n) is 7.02. The molecule has 1 saturated heterocycles. The summed E-state index contributed by atoms with van der Waals surface area (Å²) < 4.78 is 8.11. The molecule has 2 fully saturated rings. The maximum atomic E-state index is 13.3. The summed E-state index contributed by atoms with van der Waals surface area (Å²) in [7, 11) is 1.93. The largest absolute Gasteiger partial charge is 0.338 e. The predicted octanol–water partition coefficient (Wildman–Crippen LogP) is 5.18. The lowest BCUT2D eigenvalue weighted by atomic mass is 9.74. The van der Waals surface area contributed by atoms with Crippen molar-refractivity contribution in [3.05, 3.63) is 64.9 Å². The number of likely N-dealkylation sites (N-methyl/N-ethyl adjacent to an activating group) is 1. The first-order valence-electron chi connectivity index (χ1n) is 12.2. The quantitative estimate of drug-likeness (QED) is 0.286. The number of amides is 1. The second kappa shape index (κ2) is 12.8. The Morgan fingerprint density at radius 2 is 1.86 bits per heavy atom. The van der Waals surface area contributed by atoms with Gasteiger partial charge in [-0.3, -0.25) is 14.5 Å². The van der Waals surface area contributed by atoms with Crippen LogP contribution in [0.15, 0.2) is 48.8 Å². The van der Waals surface area contributed by atoms with Crippen LogP contribution in [0.25, 0.3) is 0 Å². The van der Waals surface area contributed by atoms with Crippen molar-refractivity contribution >= 4 is 34.9 Å². The highest BCUT2D eigenvalue weighted by Gasteiger charge is 2.46. The highest BCUT2D eigenvalue weighted by atomic mass is 35.5. The summed E-state index contributed by atoms with van der Waals surface area (Å²) in [6.07, 6.45) is 10.2. The van der Waals surface area contributed by atoms with Gasteiger partial charge in [-0.15, -0.1) is 11.6 Å². The first-order valence-corrected chi connectivity index (χ1v) is 13.4. The minimum atomic E-state index is -0.783. The van der Waals surface area contributed by atoms with Crippen LogP contribution in [0.4, 0.5) is 0 Å². The van der Waals surface area contributed by atoms with Crippen LogP contribution in [-0.2, 0) is 15.1 Å². The molecule has 2 unspecified atom stereocenters. The first kappa shape index (κ1) is 27.6. The monoisotopic (exact) mass is 520 g/mol. The number of rotatable bonds is 7. The minimum absolute atomic E-state index is 0.0663. The average Bonchev–Trinajstić information content (AvgIpc) is 3.44. The summed E-state index contributed by atoms with van der Waals surface area (Å²) in [5.41, 5.74) is 0.730. The van der Waals surface area contributed by atoms with E-state index in [1.54, 1.807) is 0 Å². The van der Waals surface area contributed by atoms with E-state index >= 15 is 0 Å². The van der Waals surface area contributed by atoms with Gasteiger partial charge in [0.2, 0.25) is 0 Å². The van der Waals surface area contributed by atoms with Crippen LogP contribution in [0.3, 0.4) is 0 Å². The van der Waals surface area contributed by atoms with Crippen LogP contribution in [0.2, 0.25) is 5.02 Å². The van der Waals surface area contributed by atoms with Crippen molar-refractivity contribution in [3.8, 4) is 0 Å². The Morgan fingerprint density at radius 3 is 2.54 bits per heavy atom. The number of ether oxygens (including phenoxy) is 1. The second-order valence-electron chi connectivity index (χ2n) is 9.10. The number of halogens is 2. The summed E-state index contributed by atoms with van der Waals surface area (Å²) in [5, 5.41) is 0.607. The molecule has 0 radical (unpaired) electrons. The number of nitrogens with zero attached hydrogens (tertiary/aromatic N) is 3. The smallest absolute Gasteiger partial charge is 0.260 e. The standard InChI is InChI=1S/C26H33ClN3O3.CH3Cl/c1-20(30-17-9-10-21(18-30)25(32)29-15-7-8-16-29)33-19-28(2)26(14-6-5-13-24(26)31)22-11-3-4-12-23(22)27;1-2/h3-4,9-12,17-18,20H,5-8,13-16,19H2,1-2H3;1H3/q+1;. The Bertz CT molecular complexity index is 1010. The van der Waals surface area contributed by atoms with E-state index in [4.69, 9.17) is 16.3 Å². The number of ketones is 1. The zero-order chi connectivity index (χ0) is 25.4. The van der Waals surface area contributed by atoms with E-state index in [2.05, 4.69) is 11.6 Å². The number of carbonyl (C=O) groups is 2. The molecule has 1 aromatic heterocycles. The van der Waals surface area contributed by atoms with Gasteiger partial charge in [0, 0.05) is 43.9 Å². The number of likely N-dealkylation sites (tertiary alicyclic amines) is 1. The summed E-state index contributed by atoms with van der Waals surface area (Å²) in [6, 6.07) is 11.3. The van der Waals surface area contributed by atoms with E-state index in [1.807, 2.05) is 77.1 Å². The summed E-state index contributed by atoms with van der Waals surface area (Å²) >= 11 is 11.2. The molecule has 4 rings (SSSR count). The van der Waals surface area contributed by atoms with Gasteiger partial charge in [0.05, 0.1) is 0 Å². The predicted molar refractivity (Wildman–Crippen MR) is 139 cm³/mol. The van der Waals surface area contributed by atoms with Gasteiger partial charge in [-0.25, -0.2) is 0 Å². The van der Waals surface area contributed by atoms with E-state index in [1.165, 1.54) is 6.38 Å². The lowest BCUT2D eigenvalue weighted by molar-refractivity contribution is -0.759. The van der Waals surface area contributed by atoms with Crippen LogP contribution in [0.5, 0.6) is 0 Å². The maximum absolute atomic E-state index is 13.3. The van der Waals surface area contributed by atoms with Crippen molar-refractivity contribution < 1.29 is 18.9 Å². The van der Waals surface area contributed by atoms with Crippen molar-refractivity contribution in [3.63, 3.8) is 0 Å². The molecule has 1 aromatic carbocycles. The Hall–Kier alpha value is -1.99. The zero-order valence-corrected chi connectivity index (χ0v) is 22.4. The molecule has 0 bridgehead atoms. The molecule has 2 aliphatic rings. The summed E-state index contributed by atoms with van der Waals surface area (Å²) in [5.74, 6) is 0.253. The molecule has 1 amide bonds. The molecule has 2 atom stereocenters. The molecule has 1 aliphatic carbocycles. The van der Waals surface area contributed by atoms with Gasteiger partial charge in [-0.1, -0.05) is 36.2 Å². The van der Waals surface area contributed by atoms with Gasteiger partial charge in [-0.05, 0) is 50.4 Å². The molecule has 1 saturated carbocycles. The molecule has 0 N–H and O–H groups in total. The molecule has 8 heteroatoms. The topological polar surface area (TPSA) is 53.7 Å². The number of aromatic nitrogens is 1. The minimum Gasteiger partial charge on any atom is -0.338 e. The Kier molecular flexibility index (Phi) is 10.1. The first-order chi connectivity index (χ1) is 16.9. The number of carbonyl (C=O) groups excluding carboxylic acids is 2. The highest BCUT2D eigenvalue weighted by molar-refractivity contribution is 6.31. The van der Waals surface area contributed by atoms with Gasteiger partial charge < -0.3 is 9.64 Å². The van der Waals surface area contributed by atoms with E-state index in [0.29, 0.717) is 17.0 Å². The summed E-state index contributed by atoms with van der Waals surface area (Å²) in [6.45, 7) is 3.85. The molecule has 1 aliphatic heterocycles. The normalized spacial score (nSPS) is 21.0. The SMILES string of the molecule is CC(OCN(C)C1(c2ccccc2Cl)CCCCC1=O)[n+]1cccc(C(=O)N2CCCC2)c1.CCl. The second-order valence-corrected chi connectivity index (χ2v) is 9.51. The summed E-state index contributed by atoms with van der Waals surface area (Å²) in [4.78, 5) is 29.9. The van der Waals surface area contributed by atoms with Gasteiger partial charge in [0.25, 0.3) is 12.1 Å². The Labute approximate surface area is 218 Å². The fourth-order valence-corrected chi connectivity index (χ4v) is 5.36. The number of hydrogen-bond acceptors (Lipinski definition) is 4. The number of alkyl halides is 1. The number of hydrogen-bond donors (Lipinski definition) is 0. The van der Waals surface area contributed by atoms with E-state index in [-0.39, 0.29) is 24.6 Å². The molecular formula is C27H36Cl2N3O3+. The van der Waals surface area contributed by atoms with E-state index < -0.39 is 5.54 Å². The van der Waals surface area contributed by atoms with Crippen LogP contribution in [0.1, 0.15) is 67.6 Å². The lowest BCUT2D eigenvalue weighted by Gasteiger charge is -2.43. The molecule has 2 heterocycles. The number of benzene rings is 1. The van der Waals surface area contributed by atoms with Crippen molar-refractivity contribution in [2.45, 2.75) is 57.2 Å². The van der Waals surface area contributed by atoms with Gasteiger partial charge in [0.15, 0.2) is 18.2 Å². The molecule has 6 nitrogen and oxygen atoms in total. The molecule has 2 aromatic rings. The van der Waals surface area contributed by atoms with Crippen molar-refractivity contribution in [1.82, 2.24) is 9.80 Å². The van der Waals surface area contributed by atoms with Crippen molar-refractivity contribution in [1.29, 1.82) is 0 Å². The maximum Gasteiger partial charge on any atom is 0.260 e. The van der Waals surface area contributed by atoms with E-state index in [0.717, 1.165) is 50.8 Å². The zero-order valence-electron chi connectivity index (χ0n) is 20.9. The Morgan fingerprint density at radius 1 is 1.14 bits per heavy atom. The lowest BCUT2D eigenvalue weighted by Crippen LogP contribution is -2.53. The fraction of sp³-hybridized carbons (Fsp3) is 0.519. The van der Waals surface area contributed by atoms with Crippen molar-refractivity contribution in [2.24, 2.45) is 0 Å². The molecule has 190 valence electrons. The van der Waals surface area contributed by atoms with E-state index in [9.17, 15) is 9.59 Å². The van der Waals surface area contributed by atoms with Gasteiger partial charge >= 0.3 is 0 Å². The molecule has 35 heavy (non-hydrogen) atoms. The van der Waals surface area contributed by atoms with Crippen molar-refractivity contribution in [2.75, 3.05) is 33.3 Å². The van der Waals surface area contributed by atoms with Crippen LogP contribution < -0.4 is 4.57 Å². The molecular weight excluding hydrogens is 485 g/mol. The Balaban J connectivity index is 0.00000167. The third-order valence-corrected chi connectivity index (χ3v) is 7.35. The fourth-order valence-electron chi connectivity index (χ4n) is 5.07. The third kappa shape index (κ3) is 6.05. The number of Topliss-reactive ketones (excluding diaryl/α,β-unsaturated/α-hetero) is 1.